The van der Waals surface area contributed by atoms with Gasteiger partial charge < -0.3 is 0 Å². The lowest BCUT2D eigenvalue weighted by atomic mass is 9.87. The smallest absolute Gasteiger partial charge is 0.0598 e. The summed E-state index contributed by atoms with van der Waals surface area (Å²) in [4.78, 5) is 0.748. The van der Waals surface area contributed by atoms with Crippen LogP contribution < -0.4 is 0 Å². The molecule has 0 heterocycles. The highest BCUT2D eigenvalue weighted by atomic mass is 32.2. The van der Waals surface area contributed by atoms with Gasteiger partial charge in [-0.05, 0) is 38.4 Å². The van der Waals surface area contributed by atoms with Crippen molar-refractivity contribution in [1.29, 1.82) is 0 Å². The van der Waals surface area contributed by atoms with Crippen LogP contribution in [0.3, 0.4) is 0 Å². The fraction of sp³-hybridized carbons (Fsp3) is 0.733. The molecule has 0 radical (unpaired) electrons. The summed E-state index contributed by atoms with van der Waals surface area (Å²) < 4.78 is 0. The first-order valence-corrected chi connectivity index (χ1v) is 11.3. The zero-order valence-corrected chi connectivity index (χ0v) is 14.6. The van der Waals surface area contributed by atoms with Crippen molar-refractivity contribution >= 4 is 19.8 Å². The molecule has 0 aromatic carbocycles. The summed E-state index contributed by atoms with van der Waals surface area (Å²) in [6, 6.07) is 0. The molecule has 17 heavy (non-hydrogen) atoms. The molecular formula is C15H30SSi. The van der Waals surface area contributed by atoms with E-state index in [-0.39, 0.29) is 5.41 Å². The number of hydrogen-bond donors (Lipinski definition) is 0. The van der Waals surface area contributed by atoms with Crippen LogP contribution in [0.25, 0.3) is 0 Å². The van der Waals surface area contributed by atoms with Gasteiger partial charge in [0.15, 0.2) is 0 Å². The number of hydrogen-bond acceptors (Lipinski definition) is 1. The number of rotatable bonds is 7. The Kier molecular flexibility index (Phi) is 6.86. The van der Waals surface area contributed by atoms with Gasteiger partial charge in [0.2, 0.25) is 0 Å². The minimum atomic E-state index is -1.15. The summed E-state index contributed by atoms with van der Waals surface area (Å²) in [5, 5.41) is 0. The minimum Gasteiger partial charge on any atom is -0.164 e. The van der Waals surface area contributed by atoms with Gasteiger partial charge in [-0.25, -0.2) is 0 Å². The summed E-state index contributed by atoms with van der Waals surface area (Å²) in [6.45, 7) is 18.2. The second-order valence-corrected chi connectivity index (χ2v) is 13.2. The Morgan fingerprint density at radius 1 is 1.35 bits per heavy atom. The van der Waals surface area contributed by atoms with Gasteiger partial charge in [0, 0.05) is 4.87 Å². The summed E-state index contributed by atoms with van der Waals surface area (Å²) in [6.07, 6.45) is 9.20. The predicted molar refractivity (Wildman–Crippen MR) is 87.6 cm³/mol. The molecule has 2 atom stereocenters. The summed E-state index contributed by atoms with van der Waals surface area (Å²) in [5.41, 5.74) is 1.70. The molecular weight excluding hydrogens is 240 g/mol. The fourth-order valence-corrected chi connectivity index (χ4v) is 8.45. The topological polar surface area (TPSA) is 0 Å². The average Bonchev–Trinajstić information content (AvgIpc) is 2.15. The standard InChI is InChI=1S/C15H30SSi/c1-9-15(4,12-10-11-13(2)3)14(16-5)17(6,7)8/h9,11,14H,1,10,12H2,2-8H3/t14-,15?/m1/s1. The fourth-order valence-electron chi connectivity index (χ4n) is 2.62. The molecule has 0 aliphatic rings. The molecule has 0 bridgehead atoms. The van der Waals surface area contributed by atoms with Gasteiger partial charge in [-0.2, -0.15) is 11.8 Å². The Labute approximate surface area is 114 Å². The van der Waals surface area contributed by atoms with Crippen molar-refractivity contribution in [2.45, 2.75) is 58.1 Å². The van der Waals surface area contributed by atoms with Crippen molar-refractivity contribution < 1.29 is 0 Å². The van der Waals surface area contributed by atoms with Gasteiger partial charge in [0.25, 0.3) is 0 Å². The molecule has 0 N–H and O–H groups in total. The van der Waals surface area contributed by atoms with Gasteiger partial charge >= 0.3 is 0 Å². The quantitative estimate of drug-likeness (QED) is 0.433. The molecule has 0 fully saturated rings. The van der Waals surface area contributed by atoms with Gasteiger partial charge in [0.1, 0.15) is 0 Å². The van der Waals surface area contributed by atoms with Crippen LogP contribution in [0.1, 0.15) is 33.6 Å². The van der Waals surface area contributed by atoms with Crippen LogP contribution in [0.2, 0.25) is 19.6 Å². The van der Waals surface area contributed by atoms with E-state index in [4.69, 9.17) is 0 Å². The van der Waals surface area contributed by atoms with Gasteiger partial charge in [0.05, 0.1) is 8.07 Å². The highest BCUT2D eigenvalue weighted by Gasteiger charge is 2.39. The van der Waals surface area contributed by atoms with Crippen LogP contribution in [-0.4, -0.2) is 19.2 Å². The first-order chi connectivity index (χ1) is 7.67. The summed E-state index contributed by atoms with van der Waals surface area (Å²) >= 11 is 2.04. The first kappa shape index (κ1) is 17.0. The van der Waals surface area contributed by atoms with Gasteiger partial charge in [-0.1, -0.05) is 44.3 Å². The minimum absolute atomic E-state index is 0.274. The Balaban J connectivity index is 4.86. The van der Waals surface area contributed by atoms with Crippen LogP contribution in [0.4, 0.5) is 0 Å². The van der Waals surface area contributed by atoms with E-state index in [1.54, 1.807) is 0 Å². The molecule has 0 aromatic rings. The van der Waals surface area contributed by atoms with Crippen molar-refractivity contribution in [2.24, 2.45) is 5.41 Å². The van der Waals surface area contributed by atoms with Crippen LogP contribution in [0.15, 0.2) is 24.3 Å². The van der Waals surface area contributed by atoms with Crippen molar-refractivity contribution in [2.75, 3.05) is 6.26 Å². The highest BCUT2D eigenvalue weighted by molar-refractivity contribution is 8.01. The van der Waals surface area contributed by atoms with E-state index >= 15 is 0 Å². The zero-order chi connectivity index (χ0) is 13.7. The molecule has 0 amide bonds. The van der Waals surface area contributed by atoms with Crippen molar-refractivity contribution in [3.8, 4) is 0 Å². The lowest BCUT2D eigenvalue weighted by Crippen LogP contribution is -2.46. The highest BCUT2D eigenvalue weighted by Crippen LogP contribution is 2.41. The van der Waals surface area contributed by atoms with E-state index in [9.17, 15) is 0 Å². The normalized spacial score (nSPS) is 17.1. The SMILES string of the molecule is C=CC(C)(CCC=C(C)C)[C@H](SC)[Si](C)(C)C. The molecule has 0 saturated heterocycles. The Bertz CT molecular complexity index is 271. The van der Waals surface area contributed by atoms with E-state index in [2.05, 4.69) is 65.4 Å². The van der Waals surface area contributed by atoms with Crippen LogP contribution in [0, 0.1) is 5.41 Å². The van der Waals surface area contributed by atoms with Gasteiger partial charge in [-0.15, -0.1) is 6.58 Å². The Morgan fingerprint density at radius 3 is 2.18 bits per heavy atom. The molecule has 2 heteroatoms. The third kappa shape index (κ3) is 5.48. The number of thioether (sulfide) groups is 1. The summed E-state index contributed by atoms with van der Waals surface area (Å²) in [7, 11) is -1.15. The molecule has 0 rings (SSSR count). The lowest BCUT2D eigenvalue weighted by molar-refractivity contribution is 0.424. The third-order valence-electron chi connectivity index (χ3n) is 3.32. The first-order valence-electron chi connectivity index (χ1n) is 6.47. The predicted octanol–water partition coefficient (Wildman–Crippen LogP) is 5.53. The lowest BCUT2D eigenvalue weighted by Gasteiger charge is -2.41. The maximum absolute atomic E-state index is 4.10. The largest absolute Gasteiger partial charge is 0.164 e. The van der Waals surface area contributed by atoms with Gasteiger partial charge in [-0.3, -0.25) is 0 Å². The Morgan fingerprint density at radius 2 is 1.88 bits per heavy atom. The van der Waals surface area contributed by atoms with E-state index in [1.165, 1.54) is 18.4 Å². The van der Waals surface area contributed by atoms with E-state index in [1.807, 2.05) is 11.8 Å². The van der Waals surface area contributed by atoms with E-state index in [0.717, 1.165) is 4.87 Å². The molecule has 1 unspecified atom stereocenters. The zero-order valence-electron chi connectivity index (χ0n) is 12.8. The molecule has 0 spiro atoms. The Hall–Kier alpha value is 0.0469. The van der Waals surface area contributed by atoms with Crippen molar-refractivity contribution in [3.63, 3.8) is 0 Å². The average molecular weight is 271 g/mol. The maximum Gasteiger partial charge on any atom is 0.0598 e. The molecule has 100 valence electrons. The molecule has 0 aliphatic carbocycles. The molecule has 0 aliphatic heterocycles. The maximum atomic E-state index is 4.10. The monoisotopic (exact) mass is 270 g/mol. The third-order valence-corrected chi connectivity index (χ3v) is 9.39. The van der Waals surface area contributed by atoms with Crippen molar-refractivity contribution in [1.82, 2.24) is 0 Å². The van der Waals surface area contributed by atoms with Crippen molar-refractivity contribution in [3.05, 3.63) is 24.3 Å². The molecule has 0 saturated carbocycles. The van der Waals surface area contributed by atoms with E-state index in [0.29, 0.717) is 0 Å². The molecule has 0 aromatic heterocycles. The van der Waals surface area contributed by atoms with E-state index < -0.39 is 8.07 Å². The number of allylic oxidation sites excluding steroid dienone is 3. The van der Waals surface area contributed by atoms with Crippen LogP contribution >= 0.6 is 11.8 Å². The molecule has 0 nitrogen and oxygen atoms in total. The second-order valence-electron chi connectivity index (χ2n) is 6.51. The summed E-state index contributed by atoms with van der Waals surface area (Å²) in [5.74, 6) is 0. The van der Waals surface area contributed by atoms with Crippen LogP contribution in [-0.2, 0) is 0 Å². The second kappa shape index (κ2) is 6.84. The van der Waals surface area contributed by atoms with Crippen LogP contribution in [0.5, 0.6) is 0 Å².